The largest absolute Gasteiger partial charge is 0.490 e. The van der Waals surface area contributed by atoms with Crippen LogP contribution in [0.3, 0.4) is 0 Å². The first-order chi connectivity index (χ1) is 14.6. The number of pyridine rings is 1. The highest BCUT2D eigenvalue weighted by Crippen LogP contribution is 2.31. The van der Waals surface area contributed by atoms with E-state index in [1.807, 2.05) is 44.2 Å². The van der Waals surface area contributed by atoms with Crippen LogP contribution in [-0.4, -0.2) is 27.6 Å². The van der Waals surface area contributed by atoms with E-state index in [0.29, 0.717) is 41.8 Å². The number of furan rings is 1. The average molecular weight is 406 g/mol. The monoisotopic (exact) mass is 406 g/mol. The number of nitrogens with one attached hydrogen (secondary N) is 1. The lowest BCUT2D eigenvalue weighted by Gasteiger charge is -2.10. The molecule has 1 amide bonds. The van der Waals surface area contributed by atoms with Gasteiger partial charge >= 0.3 is 0 Å². The molecule has 1 unspecified atom stereocenters. The van der Waals surface area contributed by atoms with Crippen molar-refractivity contribution >= 4 is 16.9 Å². The summed E-state index contributed by atoms with van der Waals surface area (Å²) in [4.78, 5) is 20.7. The third-order valence-electron chi connectivity index (χ3n) is 4.58. The topological polar surface area (TPSA) is 103 Å². The molecule has 8 heteroatoms. The number of nitrogens with zero attached hydrogens (tertiary/aromatic N) is 3. The first-order valence-corrected chi connectivity index (χ1v) is 9.81. The Hall–Kier alpha value is -3.68. The second-order valence-corrected chi connectivity index (χ2v) is 6.80. The molecule has 30 heavy (non-hydrogen) atoms. The van der Waals surface area contributed by atoms with E-state index in [0.717, 1.165) is 10.9 Å². The van der Waals surface area contributed by atoms with Crippen molar-refractivity contribution in [1.82, 2.24) is 20.4 Å². The fraction of sp³-hybridized carbons (Fsp3) is 0.273. The number of fused-ring (bicyclic) bond motifs is 1. The van der Waals surface area contributed by atoms with E-state index < -0.39 is 0 Å². The molecule has 1 aromatic carbocycles. The van der Waals surface area contributed by atoms with Gasteiger partial charge in [0.25, 0.3) is 0 Å². The highest BCUT2D eigenvalue weighted by molar-refractivity contribution is 5.84. The number of hydrogen-bond donors (Lipinski definition) is 1. The van der Waals surface area contributed by atoms with Crippen LogP contribution in [-0.2, 0) is 11.2 Å². The van der Waals surface area contributed by atoms with Crippen molar-refractivity contribution in [2.45, 2.75) is 32.7 Å². The van der Waals surface area contributed by atoms with Crippen LogP contribution < -0.4 is 10.1 Å². The maximum absolute atomic E-state index is 12.4. The number of carbonyl (C=O) groups excluding carboxylic acids is 1. The van der Waals surface area contributed by atoms with Crippen molar-refractivity contribution in [3.8, 4) is 17.1 Å². The zero-order valence-corrected chi connectivity index (χ0v) is 16.8. The maximum atomic E-state index is 12.4. The summed E-state index contributed by atoms with van der Waals surface area (Å²) >= 11 is 0. The SMILES string of the molecule is CCOc1cccc2cc(C(C)NC(=O)CCc3nc(-c4cccnc4)no3)oc12. The summed E-state index contributed by atoms with van der Waals surface area (Å²) in [6.07, 6.45) is 3.91. The summed E-state index contributed by atoms with van der Waals surface area (Å²) in [5.41, 5.74) is 1.45. The lowest BCUT2D eigenvalue weighted by Crippen LogP contribution is -2.26. The molecule has 0 bridgehead atoms. The molecule has 4 rings (SSSR count). The van der Waals surface area contributed by atoms with Crippen molar-refractivity contribution in [3.63, 3.8) is 0 Å². The molecule has 0 aliphatic rings. The van der Waals surface area contributed by atoms with E-state index in [-0.39, 0.29) is 18.4 Å². The van der Waals surface area contributed by atoms with Crippen LogP contribution in [0.2, 0.25) is 0 Å². The number of rotatable bonds is 8. The van der Waals surface area contributed by atoms with E-state index in [1.165, 1.54) is 0 Å². The van der Waals surface area contributed by atoms with Crippen molar-refractivity contribution in [2.24, 2.45) is 0 Å². The number of ether oxygens (including phenoxy) is 1. The number of para-hydroxylation sites is 1. The Bertz CT molecular complexity index is 1140. The van der Waals surface area contributed by atoms with E-state index in [9.17, 15) is 4.79 Å². The molecule has 0 saturated heterocycles. The number of carbonyl (C=O) groups is 1. The highest BCUT2D eigenvalue weighted by atomic mass is 16.5. The van der Waals surface area contributed by atoms with Crippen molar-refractivity contribution in [2.75, 3.05) is 6.61 Å². The van der Waals surface area contributed by atoms with Gasteiger partial charge in [-0.1, -0.05) is 17.3 Å². The van der Waals surface area contributed by atoms with E-state index in [2.05, 4.69) is 20.4 Å². The van der Waals surface area contributed by atoms with Crippen LogP contribution >= 0.6 is 0 Å². The van der Waals surface area contributed by atoms with Crippen molar-refractivity contribution in [3.05, 3.63) is 60.4 Å². The third-order valence-corrected chi connectivity index (χ3v) is 4.58. The Morgan fingerprint density at radius 3 is 2.97 bits per heavy atom. The van der Waals surface area contributed by atoms with E-state index >= 15 is 0 Å². The van der Waals surface area contributed by atoms with Gasteiger partial charge in [-0.15, -0.1) is 0 Å². The summed E-state index contributed by atoms with van der Waals surface area (Å²) in [6, 6.07) is 11.0. The zero-order chi connectivity index (χ0) is 20.9. The third kappa shape index (κ3) is 4.32. The van der Waals surface area contributed by atoms with Crippen molar-refractivity contribution < 1.29 is 18.5 Å². The summed E-state index contributed by atoms with van der Waals surface area (Å²) in [7, 11) is 0. The van der Waals surface area contributed by atoms with Gasteiger partial charge in [-0.05, 0) is 38.1 Å². The normalized spacial score (nSPS) is 12.1. The van der Waals surface area contributed by atoms with Crippen LogP contribution in [0.4, 0.5) is 0 Å². The summed E-state index contributed by atoms with van der Waals surface area (Å²) in [5, 5.41) is 7.82. The predicted octanol–water partition coefficient (Wildman–Crippen LogP) is 4.09. The molecule has 1 N–H and O–H groups in total. The Balaban J connectivity index is 1.36. The Morgan fingerprint density at radius 2 is 2.17 bits per heavy atom. The molecule has 3 aromatic heterocycles. The average Bonchev–Trinajstić information content (AvgIpc) is 3.41. The minimum Gasteiger partial charge on any atom is -0.490 e. The standard InChI is InChI=1S/C22H22N4O4/c1-3-28-17-8-4-6-15-12-18(29-21(15)17)14(2)24-19(27)9-10-20-25-22(26-30-20)16-7-5-11-23-13-16/h4-8,11-14H,3,9-10H2,1-2H3,(H,24,27). The number of amides is 1. The summed E-state index contributed by atoms with van der Waals surface area (Å²) in [6.45, 7) is 4.36. The Morgan fingerprint density at radius 1 is 1.27 bits per heavy atom. The first-order valence-electron chi connectivity index (χ1n) is 9.81. The molecule has 154 valence electrons. The Kier molecular flexibility index (Phi) is 5.74. The number of benzene rings is 1. The molecule has 3 heterocycles. The lowest BCUT2D eigenvalue weighted by atomic mass is 10.2. The number of aryl methyl sites for hydroxylation is 1. The van der Waals surface area contributed by atoms with Crippen LogP contribution in [0.1, 0.15) is 38.0 Å². The minimum absolute atomic E-state index is 0.130. The van der Waals surface area contributed by atoms with Gasteiger partial charge in [-0.25, -0.2) is 0 Å². The quantitative estimate of drug-likeness (QED) is 0.470. The maximum Gasteiger partial charge on any atom is 0.227 e. The molecule has 0 aliphatic carbocycles. The fourth-order valence-corrected chi connectivity index (χ4v) is 3.11. The van der Waals surface area contributed by atoms with Crippen molar-refractivity contribution in [1.29, 1.82) is 0 Å². The second kappa shape index (κ2) is 8.77. The highest BCUT2D eigenvalue weighted by Gasteiger charge is 2.17. The Labute approximate surface area is 173 Å². The van der Waals surface area contributed by atoms with Gasteiger partial charge in [0.1, 0.15) is 5.76 Å². The second-order valence-electron chi connectivity index (χ2n) is 6.80. The molecule has 1 atom stereocenters. The molecule has 0 spiro atoms. The van der Waals surface area contributed by atoms with Crippen LogP contribution in [0.25, 0.3) is 22.4 Å². The molecule has 8 nitrogen and oxygen atoms in total. The molecule has 0 saturated carbocycles. The van der Waals surface area contributed by atoms with Gasteiger partial charge in [0.05, 0.1) is 12.6 Å². The molecule has 4 aromatic rings. The number of hydrogen-bond acceptors (Lipinski definition) is 7. The van der Waals surface area contributed by atoms with Gasteiger partial charge in [0.2, 0.25) is 17.6 Å². The molecular weight excluding hydrogens is 384 g/mol. The van der Waals surface area contributed by atoms with Gasteiger partial charge in [-0.2, -0.15) is 4.98 Å². The summed E-state index contributed by atoms with van der Waals surface area (Å²) < 4.78 is 16.8. The smallest absolute Gasteiger partial charge is 0.227 e. The van der Waals surface area contributed by atoms with Crippen LogP contribution in [0.5, 0.6) is 5.75 Å². The zero-order valence-electron chi connectivity index (χ0n) is 16.8. The lowest BCUT2D eigenvalue weighted by molar-refractivity contribution is -0.121. The first kappa shape index (κ1) is 19.6. The summed E-state index contributed by atoms with van der Waals surface area (Å²) in [5.74, 6) is 2.10. The van der Waals surface area contributed by atoms with Gasteiger partial charge < -0.3 is 19.0 Å². The molecule has 0 radical (unpaired) electrons. The fourth-order valence-electron chi connectivity index (χ4n) is 3.11. The molecule has 0 aliphatic heterocycles. The molecule has 0 fully saturated rings. The van der Waals surface area contributed by atoms with Gasteiger partial charge in [0, 0.05) is 36.2 Å². The molecular formula is C22H22N4O4. The van der Waals surface area contributed by atoms with Gasteiger partial charge in [-0.3, -0.25) is 9.78 Å². The van der Waals surface area contributed by atoms with Crippen LogP contribution in [0.15, 0.2) is 57.7 Å². The van der Waals surface area contributed by atoms with Crippen LogP contribution in [0, 0.1) is 0 Å². The van der Waals surface area contributed by atoms with E-state index in [1.54, 1.807) is 18.5 Å². The van der Waals surface area contributed by atoms with E-state index in [4.69, 9.17) is 13.7 Å². The predicted molar refractivity (Wildman–Crippen MR) is 110 cm³/mol. The minimum atomic E-state index is -0.284. The van der Waals surface area contributed by atoms with Gasteiger partial charge in [0.15, 0.2) is 11.3 Å². The number of aromatic nitrogens is 3.